The summed E-state index contributed by atoms with van der Waals surface area (Å²) in [6.07, 6.45) is 4.64. The number of rotatable bonds is 8. The SMILES string of the molecule is CC(CNc1c(F)cc2c(=O)c(C(=O)NCCC3CCCN3C)cn3c2c1Oc1cc2ccccc2cc1-3)c1ccccc1. The average Bonchev–Trinajstić information content (AvgIpc) is 3.45. The van der Waals surface area contributed by atoms with Crippen LogP contribution in [0.4, 0.5) is 10.1 Å². The first-order valence-corrected chi connectivity index (χ1v) is 15.3. The Morgan fingerprint density at radius 3 is 2.57 bits per heavy atom. The van der Waals surface area contributed by atoms with Crippen molar-refractivity contribution in [3.63, 3.8) is 0 Å². The number of hydrogen-bond acceptors (Lipinski definition) is 5. The predicted octanol–water partition coefficient (Wildman–Crippen LogP) is 6.82. The van der Waals surface area contributed by atoms with Crippen molar-refractivity contribution in [1.82, 2.24) is 14.8 Å². The molecule has 7 nitrogen and oxygen atoms in total. The number of amides is 1. The van der Waals surface area contributed by atoms with Crippen LogP contribution in [0.5, 0.6) is 11.5 Å². The van der Waals surface area contributed by atoms with Crippen molar-refractivity contribution in [2.75, 3.05) is 32.0 Å². The van der Waals surface area contributed by atoms with Crippen LogP contribution < -0.4 is 20.8 Å². The van der Waals surface area contributed by atoms with Gasteiger partial charge < -0.3 is 24.8 Å². The first-order chi connectivity index (χ1) is 21.4. The number of fused-ring (bicyclic) bond motifs is 3. The van der Waals surface area contributed by atoms with Crippen LogP contribution in [-0.4, -0.2) is 48.1 Å². The van der Waals surface area contributed by atoms with Crippen LogP contribution >= 0.6 is 0 Å². The lowest BCUT2D eigenvalue weighted by molar-refractivity contribution is 0.0949. The van der Waals surface area contributed by atoms with E-state index in [0.29, 0.717) is 36.1 Å². The Labute approximate surface area is 255 Å². The normalized spacial score (nSPS) is 16.5. The summed E-state index contributed by atoms with van der Waals surface area (Å²) in [6.45, 7) is 4.03. The van der Waals surface area contributed by atoms with Crippen molar-refractivity contribution >= 4 is 33.3 Å². The number of benzene rings is 4. The maximum atomic E-state index is 15.9. The van der Waals surface area contributed by atoms with Gasteiger partial charge in [0.1, 0.15) is 16.8 Å². The number of nitrogens with zero attached hydrogens (tertiary/aromatic N) is 2. The number of carbonyl (C=O) groups excluding carboxylic acids is 1. The molecule has 0 spiro atoms. The van der Waals surface area contributed by atoms with E-state index >= 15 is 4.39 Å². The van der Waals surface area contributed by atoms with Gasteiger partial charge in [-0.25, -0.2) is 4.39 Å². The number of aromatic nitrogens is 1. The minimum absolute atomic E-state index is 0.0259. The number of anilines is 1. The second kappa shape index (κ2) is 11.4. The number of halogens is 1. The molecule has 8 heteroatoms. The molecule has 5 aromatic rings. The number of hydrogen-bond donors (Lipinski definition) is 2. The molecule has 0 radical (unpaired) electrons. The molecule has 1 amide bonds. The third-order valence-electron chi connectivity index (χ3n) is 9.13. The molecule has 0 bridgehead atoms. The number of carbonyl (C=O) groups is 1. The minimum atomic E-state index is -0.609. The first kappa shape index (κ1) is 28.1. The van der Waals surface area contributed by atoms with Crippen LogP contribution in [0.1, 0.15) is 48.0 Å². The fraction of sp³-hybridized carbons (Fsp3) is 0.278. The van der Waals surface area contributed by atoms with E-state index in [0.717, 1.165) is 42.1 Å². The van der Waals surface area contributed by atoms with Gasteiger partial charge in [0.2, 0.25) is 5.43 Å². The van der Waals surface area contributed by atoms with E-state index in [1.54, 1.807) is 6.20 Å². The van der Waals surface area contributed by atoms with Gasteiger partial charge in [-0.05, 0) is 73.3 Å². The van der Waals surface area contributed by atoms with Crippen LogP contribution in [0.2, 0.25) is 0 Å². The maximum Gasteiger partial charge on any atom is 0.256 e. The molecule has 0 saturated carbocycles. The molecule has 1 saturated heterocycles. The Morgan fingerprint density at radius 2 is 1.82 bits per heavy atom. The lowest BCUT2D eigenvalue weighted by Gasteiger charge is -2.27. The highest BCUT2D eigenvalue weighted by atomic mass is 19.1. The molecule has 3 heterocycles. The Morgan fingerprint density at radius 1 is 1.07 bits per heavy atom. The smallest absolute Gasteiger partial charge is 0.256 e. The van der Waals surface area contributed by atoms with Crippen molar-refractivity contribution in [3.8, 4) is 17.2 Å². The van der Waals surface area contributed by atoms with Crippen molar-refractivity contribution in [2.24, 2.45) is 0 Å². The average molecular weight is 591 g/mol. The summed E-state index contributed by atoms with van der Waals surface area (Å²) in [5.41, 5.74) is 1.87. The minimum Gasteiger partial charge on any atom is -0.451 e. The van der Waals surface area contributed by atoms with Crippen molar-refractivity contribution in [3.05, 3.63) is 106 Å². The zero-order valence-electron chi connectivity index (χ0n) is 24.9. The van der Waals surface area contributed by atoms with Gasteiger partial charge in [-0.1, -0.05) is 61.5 Å². The third kappa shape index (κ3) is 4.99. The summed E-state index contributed by atoms with van der Waals surface area (Å²) < 4.78 is 24.2. The van der Waals surface area contributed by atoms with Crippen LogP contribution in [0.15, 0.2) is 83.8 Å². The van der Waals surface area contributed by atoms with E-state index in [1.807, 2.05) is 71.3 Å². The molecule has 1 aromatic heterocycles. The lowest BCUT2D eigenvalue weighted by Crippen LogP contribution is -2.34. The number of pyridine rings is 1. The fourth-order valence-corrected chi connectivity index (χ4v) is 6.58. The summed E-state index contributed by atoms with van der Waals surface area (Å²) in [5, 5.41) is 8.26. The van der Waals surface area contributed by atoms with E-state index in [9.17, 15) is 9.59 Å². The van der Waals surface area contributed by atoms with Gasteiger partial charge in [0, 0.05) is 25.3 Å². The molecule has 1 fully saturated rings. The second-order valence-corrected chi connectivity index (χ2v) is 12.0. The first-order valence-electron chi connectivity index (χ1n) is 15.3. The van der Waals surface area contributed by atoms with Gasteiger partial charge in [0.25, 0.3) is 5.91 Å². The van der Waals surface area contributed by atoms with Crippen LogP contribution in [-0.2, 0) is 0 Å². The van der Waals surface area contributed by atoms with Gasteiger partial charge in [-0.2, -0.15) is 0 Å². The Kier molecular flexibility index (Phi) is 7.30. The van der Waals surface area contributed by atoms with E-state index in [-0.39, 0.29) is 28.3 Å². The Bertz CT molecular complexity index is 1960. The molecule has 0 aliphatic carbocycles. The fourth-order valence-electron chi connectivity index (χ4n) is 6.58. The zero-order valence-corrected chi connectivity index (χ0v) is 24.9. The number of ether oxygens (including phenoxy) is 1. The predicted molar refractivity (Wildman–Crippen MR) is 173 cm³/mol. The highest BCUT2D eigenvalue weighted by Gasteiger charge is 2.29. The molecule has 2 aliphatic heterocycles. The topological polar surface area (TPSA) is 75.6 Å². The van der Waals surface area contributed by atoms with Crippen molar-refractivity contribution in [1.29, 1.82) is 0 Å². The number of nitrogens with one attached hydrogen (secondary N) is 2. The Balaban J connectivity index is 1.31. The van der Waals surface area contributed by atoms with E-state index in [4.69, 9.17) is 4.74 Å². The lowest BCUT2D eigenvalue weighted by atomic mass is 10.0. The summed E-state index contributed by atoms with van der Waals surface area (Å²) in [5.74, 6) is -0.230. The molecule has 4 aromatic carbocycles. The highest BCUT2D eigenvalue weighted by Crippen LogP contribution is 2.46. The molecule has 44 heavy (non-hydrogen) atoms. The zero-order chi connectivity index (χ0) is 30.4. The van der Waals surface area contributed by atoms with Gasteiger partial charge in [0.15, 0.2) is 17.3 Å². The summed E-state index contributed by atoms with van der Waals surface area (Å²) in [7, 11) is 2.10. The number of likely N-dealkylation sites (tertiary alicyclic amines) is 1. The van der Waals surface area contributed by atoms with Crippen molar-refractivity contribution in [2.45, 2.75) is 38.1 Å². The van der Waals surface area contributed by atoms with Crippen LogP contribution in [0.3, 0.4) is 0 Å². The summed E-state index contributed by atoms with van der Waals surface area (Å²) >= 11 is 0. The molecular formula is C36H35FN4O3. The largest absolute Gasteiger partial charge is 0.451 e. The van der Waals surface area contributed by atoms with Gasteiger partial charge in [-0.15, -0.1) is 0 Å². The molecule has 2 atom stereocenters. The maximum absolute atomic E-state index is 15.9. The monoisotopic (exact) mass is 590 g/mol. The van der Waals surface area contributed by atoms with Crippen molar-refractivity contribution < 1.29 is 13.9 Å². The van der Waals surface area contributed by atoms with Gasteiger partial charge >= 0.3 is 0 Å². The Hall–Kier alpha value is -4.69. The molecule has 224 valence electrons. The molecule has 2 aliphatic rings. The third-order valence-corrected chi connectivity index (χ3v) is 9.13. The highest BCUT2D eigenvalue weighted by molar-refractivity contribution is 6.02. The van der Waals surface area contributed by atoms with E-state index in [1.165, 1.54) is 6.07 Å². The molecule has 2 unspecified atom stereocenters. The van der Waals surface area contributed by atoms with E-state index < -0.39 is 17.2 Å². The molecule has 7 rings (SSSR count). The van der Waals surface area contributed by atoms with Crippen LogP contribution in [0, 0.1) is 5.82 Å². The van der Waals surface area contributed by atoms with E-state index in [2.05, 4.69) is 29.5 Å². The summed E-state index contributed by atoms with van der Waals surface area (Å²) in [6, 6.07) is 23.4. The van der Waals surface area contributed by atoms with Crippen LogP contribution in [0.25, 0.3) is 27.4 Å². The second-order valence-electron chi connectivity index (χ2n) is 12.0. The standard InChI is InChI=1S/C36H35FN4O3/c1-22(23-9-4-3-5-10-23)20-39-32-29(37)19-27-33-35(32)44-31-18-25-12-7-6-11-24(25)17-30(31)41(33)21-28(34(27)42)36(43)38-15-14-26-13-8-16-40(26)2/h3-7,9-12,17-19,21-22,26,39H,8,13-16,20H2,1-2H3,(H,38,43). The van der Waals surface area contributed by atoms with Gasteiger partial charge in [-0.3, -0.25) is 9.59 Å². The quantitative estimate of drug-likeness (QED) is 0.204. The molecule has 2 N–H and O–H groups in total. The molecular weight excluding hydrogens is 555 g/mol. The van der Waals surface area contributed by atoms with Gasteiger partial charge in [0.05, 0.1) is 11.1 Å². The summed E-state index contributed by atoms with van der Waals surface area (Å²) in [4.78, 5) is 29.6.